The molecule has 20 heavy (non-hydrogen) atoms. The molecule has 0 amide bonds. The second-order valence-corrected chi connectivity index (χ2v) is 4.97. The zero-order valence-electron chi connectivity index (χ0n) is 11.4. The molecule has 1 heterocycles. The molecular formula is C17H19NO2. The van der Waals surface area contributed by atoms with E-state index >= 15 is 0 Å². The Morgan fingerprint density at radius 1 is 1.00 bits per heavy atom. The zero-order valence-corrected chi connectivity index (χ0v) is 11.4. The number of β-amino-alcohol motifs (C(OH)–C–C–N with tert-alkyl or cyclic N) is 1. The maximum Gasteiger partial charge on any atom is 0.136 e. The summed E-state index contributed by atoms with van der Waals surface area (Å²) >= 11 is 0. The summed E-state index contributed by atoms with van der Waals surface area (Å²) in [6.07, 6.45) is -0.0213. The number of rotatable bonds is 4. The Bertz CT molecular complexity index is 539. The van der Waals surface area contributed by atoms with Crippen molar-refractivity contribution in [2.24, 2.45) is 0 Å². The van der Waals surface area contributed by atoms with Gasteiger partial charge < -0.3 is 9.84 Å². The lowest BCUT2D eigenvalue weighted by atomic mass is 10.0. The van der Waals surface area contributed by atoms with Crippen LogP contribution in [0.1, 0.15) is 11.8 Å². The highest BCUT2D eigenvalue weighted by atomic mass is 16.5. The third-order valence-electron chi connectivity index (χ3n) is 3.68. The largest absolute Gasteiger partial charge is 0.395 e. The average Bonchev–Trinajstić information content (AvgIpc) is 2.97. The molecule has 1 atom stereocenters. The Kier molecular flexibility index (Phi) is 4.11. The fraction of sp³-hybridized carbons (Fsp3) is 0.294. The summed E-state index contributed by atoms with van der Waals surface area (Å²) < 4.78 is 5.76. The van der Waals surface area contributed by atoms with Crippen LogP contribution in [-0.2, 0) is 4.74 Å². The second-order valence-electron chi connectivity index (χ2n) is 4.97. The van der Waals surface area contributed by atoms with Crippen molar-refractivity contribution in [3.63, 3.8) is 0 Å². The molecule has 104 valence electrons. The molecule has 3 nitrogen and oxygen atoms in total. The van der Waals surface area contributed by atoms with Crippen LogP contribution in [0, 0.1) is 0 Å². The van der Waals surface area contributed by atoms with Crippen LogP contribution in [0.2, 0.25) is 0 Å². The van der Waals surface area contributed by atoms with Gasteiger partial charge in [-0.1, -0.05) is 54.6 Å². The van der Waals surface area contributed by atoms with Crippen LogP contribution >= 0.6 is 0 Å². The van der Waals surface area contributed by atoms with Gasteiger partial charge >= 0.3 is 0 Å². The van der Waals surface area contributed by atoms with Gasteiger partial charge in [0.15, 0.2) is 0 Å². The number of aliphatic hydroxyl groups excluding tert-OH is 1. The van der Waals surface area contributed by atoms with Gasteiger partial charge in [-0.2, -0.15) is 0 Å². The van der Waals surface area contributed by atoms with Crippen LogP contribution < -0.4 is 0 Å². The first-order valence-corrected chi connectivity index (χ1v) is 7.00. The monoisotopic (exact) mass is 269 g/mol. The van der Waals surface area contributed by atoms with E-state index in [1.807, 2.05) is 18.2 Å². The van der Waals surface area contributed by atoms with Crippen molar-refractivity contribution in [3.05, 3.63) is 60.2 Å². The van der Waals surface area contributed by atoms with Gasteiger partial charge in [0.1, 0.15) is 6.23 Å². The first kappa shape index (κ1) is 13.3. The molecule has 0 aromatic heterocycles. The van der Waals surface area contributed by atoms with E-state index in [0.29, 0.717) is 6.54 Å². The number of nitrogens with zero attached hydrogens (tertiary/aromatic N) is 1. The Hall–Kier alpha value is -1.68. The van der Waals surface area contributed by atoms with E-state index in [9.17, 15) is 0 Å². The SMILES string of the molecule is OCCN1CCOC1c1ccc(-c2ccccc2)cc1. The van der Waals surface area contributed by atoms with Gasteiger partial charge in [0.2, 0.25) is 0 Å². The van der Waals surface area contributed by atoms with Gasteiger partial charge in [-0.3, -0.25) is 4.90 Å². The van der Waals surface area contributed by atoms with E-state index in [2.05, 4.69) is 41.3 Å². The van der Waals surface area contributed by atoms with E-state index in [4.69, 9.17) is 9.84 Å². The molecule has 1 fully saturated rings. The maximum absolute atomic E-state index is 9.09. The lowest BCUT2D eigenvalue weighted by Crippen LogP contribution is -2.27. The van der Waals surface area contributed by atoms with Gasteiger partial charge in [0, 0.05) is 13.1 Å². The topological polar surface area (TPSA) is 32.7 Å². The number of hydrogen-bond acceptors (Lipinski definition) is 3. The summed E-state index contributed by atoms with van der Waals surface area (Å²) in [7, 11) is 0. The summed E-state index contributed by atoms with van der Waals surface area (Å²) in [4.78, 5) is 2.16. The minimum Gasteiger partial charge on any atom is -0.395 e. The first-order chi connectivity index (χ1) is 9.88. The fourth-order valence-corrected chi connectivity index (χ4v) is 2.64. The smallest absolute Gasteiger partial charge is 0.136 e. The van der Waals surface area contributed by atoms with Crippen LogP contribution in [0.4, 0.5) is 0 Å². The van der Waals surface area contributed by atoms with Crippen molar-refractivity contribution in [1.29, 1.82) is 0 Å². The minimum atomic E-state index is -0.0213. The lowest BCUT2D eigenvalue weighted by Gasteiger charge is -2.22. The molecule has 0 spiro atoms. The van der Waals surface area contributed by atoms with Gasteiger partial charge in [0.05, 0.1) is 13.2 Å². The Balaban J connectivity index is 1.79. The quantitative estimate of drug-likeness (QED) is 0.926. The molecule has 3 heteroatoms. The van der Waals surface area contributed by atoms with Crippen LogP contribution in [-0.4, -0.2) is 36.3 Å². The van der Waals surface area contributed by atoms with Crippen LogP contribution in [0.25, 0.3) is 11.1 Å². The third-order valence-corrected chi connectivity index (χ3v) is 3.68. The summed E-state index contributed by atoms with van der Waals surface area (Å²) in [6, 6.07) is 18.8. The fourth-order valence-electron chi connectivity index (χ4n) is 2.64. The molecule has 0 aliphatic carbocycles. The van der Waals surface area contributed by atoms with E-state index in [-0.39, 0.29) is 12.8 Å². The summed E-state index contributed by atoms with van der Waals surface area (Å²) in [5.74, 6) is 0. The van der Waals surface area contributed by atoms with E-state index < -0.39 is 0 Å². The lowest BCUT2D eigenvalue weighted by molar-refractivity contribution is 0.0253. The van der Waals surface area contributed by atoms with Crippen LogP contribution in [0.15, 0.2) is 54.6 Å². The molecule has 0 radical (unpaired) electrons. The summed E-state index contributed by atoms with van der Waals surface area (Å²) in [5.41, 5.74) is 3.58. The molecule has 1 unspecified atom stereocenters. The Morgan fingerprint density at radius 3 is 2.40 bits per heavy atom. The normalized spacial score (nSPS) is 19.4. The van der Waals surface area contributed by atoms with Crippen molar-refractivity contribution in [1.82, 2.24) is 4.90 Å². The summed E-state index contributed by atoms with van der Waals surface area (Å²) in [6.45, 7) is 2.43. The van der Waals surface area contributed by atoms with Crippen LogP contribution in [0.5, 0.6) is 0 Å². The van der Waals surface area contributed by atoms with E-state index in [0.717, 1.165) is 18.7 Å². The molecule has 0 saturated carbocycles. The van der Waals surface area contributed by atoms with Gasteiger partial charge in [-0.15, -0.1) is 0 Å². The minimum absolute atomic E-state index is 0.0213. The van der Waals surface area contributed by atoms with Crippen molar-refractivity contribution in [2.75, 3.05) is 26.3 Å². The first-order valence-electron chi connectivity index (χ1n) is 7.00. The van der Waals surface area contributed by atoms with Crippen molar-refractivity contribution < 1.29 is 9.84 Å². The standard InChI is InChI=1S/C17H19NO2/c19-12-10-18-11-13-20-17(18)16-8-6-15(7-9-16)14-4-2-1-3-5-14/h1-9,17,19H,10-13H2. The summed E-state index contributed by atoms with van der Waals surface area (Å²) in [5, 5.41) is 9.09. The van der Waals surface area contributed by atoms with Gasteiger partial charge in [-0.05, 0) is 16.7 Å². The molecule has 1 aliphatic heterocycles. The molecule has 1 saturated heterocycles. The van der Waals surface area contributed by atoms with E-state index in [1.54, 1.807) is 0 Å². The molecule has 1 N–H and O–H groups in total. The van der Waals surface area contributed by atoms with Crippen LogP contribution in [0.3, 0.4) is 0 Å². The molecule has 2 aromatic carbocycles. The van der Waals surface area contributed by atoms with Gasteiger partial charge in [0.25, 0.3) is 0 Å². The Labute approximate surface area is 119 Å². The molecule has 3 rings (SSSR count). The molecule has 1 aliphatic rings. The molecule has 2 aromatic rings. The number of aliphatic hydroxyl groups is 1. The Morgan fingerprint density at radius 2 is 1.70 bits per heavy atom. The van der Waals surface area contributed by atoms with Gasteiger partial charge in [-0.25, -0.2) is 0 Å². The van der Waals surface area contributed by atoms with Crippen molar-refractivity contribution >= 4 is 0 Å². The van der Waals surface area contributed by atoms with Crippen molar-refractivity contribution in [2.45, 2.75) is 6.23 Å². The van der Waals surface area contributed by atoms with E-state index in [1.165, 1.54) is 11.1 Å². The average molecular weight is 269 g/mol. The predicted octanol–water partition coefficient (Wildman–Crippen LogP) is 2.68. The highest BCUT2D eigenvalue weighted by Crippen LogP contribution is 2.28. The highest BCUT2D eigenvalue weighted by Gasteiger charge is 2.25. The maximum atomic E-state index is 9.09. The zero-order chi connectivity index (χ0) is 13.8. The third kappa shape index (κ3) is 2.75. The van der Waals surface area contributed by atoms with Crippen molar-refractivity contribution in [3.8, 4) is 11.1 Å². The second kappa shape index (κ2) is 6.18. The predicted molar refractivity (Wildman–Crippen MR) is 79.2 cm³/mol. The molecule has 0 bridgehead atoms. The number of benzene rings is 2. The number of ether oxygens (including phenoxy) is 1. The number of hydrogen-bond donors (Lipinski definition) is 1. The highest BCUT2D eigenvalue weighted by molar-refractivity contribution is 5.63. The molecular weight excluding hydrogens is 250 g/mol.